The van der Waals surface area contributed by atoms with Gasteiger partial charge >= 0.3 is 0 Å². The Morgan fingerprint density at radius 2 is 1.13 bits per heavy atom. The molecule has 0 saturated heterocycles. The SMILES string of the molecule is Cc1ccc(C2=C3C(=CCC2)CC2=C3C=CCC2)cc1-c1cc(-c2ccc(-c3ccc4c(c3)-c3ccccc3C4)cc2)ccc1C. The summed E-state index contributed by atoms with van der Waals surface area (Å²) in [5.41, 5.74) is 25.2. The number of benzene rings is 5. The number of aryl methyl sites for hydroxylation is 2. The van der Waals surface area contributed by atoms with Crippen LogP contribution in [0.5, 0.6) is 0 Å². The summed E-state index contributed by atoms with van der Waals surface area (Å²) in [6, 6.07) is 39.1. The third-order valence-corrected chi connectivity index (χ3v) is 10.8. The molecular weight excluding hydrogens is 553 g/mol. The normalized spacial score (nSPS) is 16.3. The van der Waals surface area contributed by atoms with Gasteiger partial charge in [0.1, 0.15) is 0 Å². The molecule has 0 N–H and O–H groups in total. The van der Waals surface area contributed by atoms with Crippen molar-refractivity contribution in [3.8, 4) is 44.5 Å². The van der Waals surface area contributed by atoms with Crippen LogP contribution in [-0.2, 0) is 6.42 Å². The minimum Gasteiger partial charge on any atom is -0.0836 e. The molecule has 4 aliphatic carbocycles. The molecule has 0 aromatic heterocycles. The maximum atomic E-state index is 2.50. The molecular formula is C46H38. The summed E-state index contributed by atoms with van der Waals surface area (Å²) in [4.78, 5) is 0. The van der Waals surface area contributed by atoms with Gasteiger partial charge in [0.05, 0.1) is 0 Å². The van der Waals surface area contributed by atoms with E-state index in [4.69, 9.17) is 0 Å². The van der Waals surface area contributed by atoms with Gasteiger partial charge in [0, 0.05) is 0 Å². The van der Waals surface area contributed by atoms with Crippen molar-refractivity contribution in [1.82, 2.24) is 0 Å². The van der Waals surface area contributed by atoms with E-state index >= 15 is 0 Å². The molecule has 0 heteroatoms. The Balaban J connectivity index is 1.06. The van der Waals surface area contributed by atoms with Crippen molar-refractivity contribution in [1.29, 1.82) is 0 Å². The molecule has 5 aromatic rings. The number of rotatable bonds is 4. The molecule has 222 valence electrons. The van der Waals surface area contributed by atoms with Crippen LogP contribution in [0.2, 0.25) is 0 Å². The van der Waals surface area contributed by atoms with Crippen molar-refractivity contribution in [3.05, 3.63) is 171 Å². The average Bonchev–Trinajstić information content (AvgIpc) is 3.67. The van der Waals surface area contributed by atoms with E-state index in [1.807, 2.05) is 0 Å². The third kappa shape index (κ3) is 4.51. The van der Waals surface area contributed by atoms with Crippen LogP contribution in [0.4, 0.5) is 0 Å². The monoisotopic (exact) mass is 590 g/mol. The molecule has 5 aromatic carbocycles. The van der Waals surface area contributed by atoms with Gasteiger partial charge in [0.25, 0.3) is 0 Å². The Bertz CT molecular complexity index is 2190. The lowest BCUT2D eigenvalue weighted by atomic mass is 9.83. The fourth-order valence-corrected chi connectivity index (χ4v) is 8.33. The first-order chi connectivity index (χ1) is 22.6. The minimum absolute atomic E-state index is 1.04. The minimum atomic E-state index is 1.04. The van der Waals surface area contributed by atoms with Gasteiger partial charge in [-0.05, 0) is 165 Å². The van der Waals surface area contributed by atoms with Crippen molar-refractivity contribution in [2.24, 2.45) is 0 Å². The Morgan fingerprint density at radius 3 is 1.91 bits per heavy atom. The molecule has 0 aliphatic heterocycles. The van der Waals surface area contributed by atoms with Crippen LogP contribution < -0.4 is 0 Å². The highest BCUT2D eigenvalue weighted by Crippen LogP contribution is 2.48. The average molecular weight is 591 g/mol. The highest BCUT2D eigenvalue weighted by molar-refractivity contribution is 5.87. The lowest BCUT2D eigenvalue weighted by Gasteiger charge is -2.21. The first-order valence-corrected chi connectivity index (χ1v) is 17.0. The van der Waals surface area contributed by atoms with Gasteiger partial charge in [0.15, 0.2) is 0 Å². The van der Waals surface area contributed by atoms with Crippen LogP contribution in [0.15, 0.2) is 144 Å². The largest absolute Gasteiger partial charge is 0.0836 e. The zero-order valence-corrected chi connectivity index (χ0v) is 26.8. The van der Waals surface area contributed by atoms with E-state index in [0.717, 1.165) is 25.7 Å². The van der Waals surface area contributed by atoms with Gasteiger partial charge < -0.3 is 0 Å². The van der Waals surface area contributed by atoms with Crippen molar-refractivity contribution >= 4 is 5.57 Å². The van der Waals surface area contributed by atoms with Crippen LogP contribution in [0.25, 0.3) is 50.1 Å². The highest BCUT2D eigenvalue weighted by Gasteiger charge is 2.29. The number of hydrogen-bond donors (Lipinski definition) is 0. The maximum Gasteiger partial charge on any atom is -0.00134 e. The smallest absolute Gasteiger partial charge is 0.00134 e. The van der Waals surface area contributed by atoms with E-state index in [2.05, 4.69) is 135 Å². The summed E-state index contributed by atoms with van der Waals surface area (Å²) >= 11 is 0. The molecule has 46 heavy (non-hydrogen) atoms. The molecule has 0 unspecified atom stereocenters. The maximum absolute atomic E-state index is 2.50. The fourth-order valence-electron chi connectivity index (χ4n) is 8.33. The van der Waals surface area contributed by atoms with Crippen LogP contribution in [0.3, 0.4) is 0 Å². The number of allylic oxidation sites excluding steroid dienone is 8. The fraction of sp³-hybridized carbons (Fsp3) is 0.174. The summed E-state index contributed by atoms with van der Waals surface area (Å²) in [6.45, 7) is 4.52. The van der Waals surface area contributed by atoms with Crippen molar-refractivity contribution < 1.29 is 0 Å². The Labute approximate surface area is 273 Å². The summed E-state index contributed by atoms with van der Waals surface area (Å²) < 4.78 is 0. The van der Waals surface area contributed by atoms with Gasteiger partial charge in [-0.1, -0.05) is 109 Å². The Hall–Kier alpha value is -4.94. The van der Waals surface area contributed by atoms with E-state index in [9.17, 15) is 0 Å². The predicted octanol–water partition coefficient (Wildman–Crippen LogP) is 12.4. The number of hydrogen-bond acceptors (Lipinski definition) is 0. The second-order valence-electron chi connectivity index (χ2n) is 13.6. The van der Waals surface area contributed by atoms with E-state index in [1.165, 1.54) is 102 Å². The topological polar surface area (TPSA) is 0 Å². The first kappa shape index (κ1) is 27.4. The van der Waals surface area contributed by atoms with Gasteiger partial charge in [-0.15, -0.1) is 0 Å². The quantitative estimate of drug-likeness (QED) is 0.192. The lowest BCUT2D eigenvalue weighted by molar-refractivity contribution is 0.920. The molecule has 4 aliphatic rings. The zero-order valence-electron chi connectivity index (χ0n) is 26.8. The standard InChI is InChI=1S/C46H38/c1-29-14-16-33(31-18-20-32(21-19-31)34-22-23-37-24-35-8-3-5-11-40(35)45(37)27-34)26-43(29)44-28-38(17-15-30(44)2)42-13-7-10-39-25-36-9-4-6-12-41(36)46(39)42/h3,5-6,8,10-12,14-23,26-28H,4,7,9,13,24-25H2,1-2H3. The van der Waals surface area contributed by atoms with Crippen LogP contribution in [0, 0.1) is 13.8 Å². The van der Waals surface area contributed by atoms with E-state index in [-0.39, 0.29) is 0 Å². The molecule has 9 rings (SSSR count). The molecule has 0 spiro atoms. The Morgan fingerprint density at radius 1 is 0.500 bits per heavy atom. The molecule has 0 radical (unpaired) electrons. The molecule has 0 bridgehead atoms. The second kappa shape index (κ2) is 10.8. The van der Waals surface area contributed by atoms with E-state index in [1.54, 1.807) is 11.1 Å². The van der Waals surface area contributed by atoms with Gasteiger partial charge in [0.2, 0.25) is 0 Å². The molecule has 0 saturated carbocycles. The summed E-state index contributed by atoms with van der Waals surface area (Å²) in [7, 11) is 0. The van der Waals surface area contributed by atoms with Gasteiger partial charge in [-0.25, -0.2) is 0 Å². The highest BCUT2D eigenvalue weighted by atomic mass is 14.3. The van der Waals surface area contributed by atoms with E-state index < -0.39 is 0 Å². The first-order valence-electron chi connectivity index (χ1n) is 17.0. The zero-order chi connectivity index (χ0) is 30.8. The van der Waals surface area contributed by atoms with Crippen molar-refractivity contribution in [2.45, 2.75) is 52.4 Å². The Kier molecular flexibility index (Phi) is 6.46. The molecule has 0 heterocycles. The van der Waals surface area contributed by atoms with Gasteiger partial charge in [-0.2, -0.15) is 0 Å². The molecule has 0 atom stereocenters. The van der Waals surface area contributed by atoms with Crippen molar-refractivity contribution in [3.63, 3.8) is 0 Å². The van der Waals surface area contributed by atoms with Crippen molar-refractivity contribution in [2.75, 3.05) is 0 Å². The molecule has 0 amide bonds. The summed E-state index contributed by atoms with van der Waals surface area (Å²) in [5, 5.41) is 0. The number of fused-ring (bicyclic) bond motifs is 5. The van der Waals surface area contributed by atoms with Gasteiger partial charge in [-0.3, -0.25) is 0 Å². The third-order valence-electron chi connectivity index (χ3n) is 10.8. The summed E-state index contributed by atoms with van der Waals surface area (Å²) in [5.74, 6) is 0. The lowest BCUT2D eigenvalue weighted by Crippen LogP contribution is -2.00. The summed E-state index contributed by atoms with van der Waals surface area (Å²) in [6.07, 6.45) is 14.1. The molecule has 0 nitrogen and oxygen atoms in total. The second-order valence-corrected chi connectivity index (χ2v) is 13.6. The van der Waals surface area contributed by atoms with Crippen LogP contribution in [0.1, 0.15) is 59.9 Å². The predicted molar refractivity (Wildman–Crippen MR) is 195 cm³/mol. The van der Waals surface area contributed by atoms with Crippen LogP contribution in [-0.4, -0.2) is 0 Å². The van der Waals surface area contributed by atoms with Crippen LogP contribution >= 0.6 is 0 Å². The molecule has 0 fully saturated rings. The van der Waals surface area contributed by atoms with E-state index in [0.29, 0.717) is 0 Å².